The van der Waals surface area contributed by atoms with Gasteiger partial charge in [0.05, 0.1) is 32.0 Å². The van der Waals surface area contributed by atoms with E-state index in [1.165, 1.54) is 32.1 Å². The number of ether oxygens (including phenoxy) is 4. The van der Waals surface area contributed by atoms with Gasteiger partial charge >= 0.3 is 0 Å². The maximum Gasteiger partial charge on any atom is 0.220 e. The molecule has 12 unspecified atom stereocenters. The van der Waals surface area contributed by atoms with Crippen molar-refractivity contribution < 1.29 is 64.6 Å². The molecule has 0 radical (unpaired) electrons. The Morgan fingerprint density at radius 1 is 0.578 bits per heavy atom. The average Bonchev–Trinajstić information content (AvgIpc) is 3.29. The topological polar surface area (TPSA) is 228 Å². The van der Waals surface area contributed by atoms with E-state index in [1.807, 2.05) is 6.08 Å². The third kappa shape index (κ3) is 23.7. The summed E-state index contributed by atoms with van der Waals surface area (Å²) in [6, 6.07) is -0.948. The van der Waals surface area contributed by atoms with E-state index in [4.69, 9.17) is 18.9 Å². The summed E-state index contributed by atoms with van der Waals surface area (Å²) in [5, 5.41) is 86.6. The highest BCUT2D eigenvalue weighted by molar-refractivity contribution is 5.76. The number of hydrogen-bond acceptors (Lipinski definition) is 13. The molecule has 0 saturated carbocycles. The number of aliphatic hydroxyl groups is 8. The van der Waals surface area contributed by atoms with Crippen LogP contribution in [0, 0.1) is 0 Å². The Morgan fingerprint density at radius 3 is 1.72 bits per heavy atom. The number of carbonyl (C=O) groups is 1. The quantitative estimate of drug-likeness (QED) is 0.0277. The lowest BCUT2D eigenvalue weighted by Crippen LogP contribution is -2.65. The summed E-state index contributed by atoms with van der Waals surface area (Å²) in [5.74, 6) is -0.276. The van der Waals surface area contributed by atoms with Crippen LogP contribution >= 0.6 is 0 Å². The SMILES string of the molecule is CC/C=C\C/C=C\C/C=C\CCCCCCCC(=O)NC(COC1OC(CO)C(OC2OC(CO)C(O)C(O)C2O)C(O)C1O)C(O)/C=C/CC/C=C/CC/C=C/CCCCCCC. The Bertz CT molecular complexity index is 1350. The molecule has 2 fully saturated rings. The van der Waals surface area contributed by atoms with Gasteiger partial charge in [-0.25, -0.2) is 0 Å². The van der Waals surface area contributed by atoms with Crippen molar-refractivity contribution >= 4 is 5.91 Å². The molecule has 0 aromatic carbocycles. The third-order valence-corrected chi connectivity index (χ3v) is 11.4. The number of hydrogen-bond donors (Lipinski definition) is 9. The van der Waals surface area contributed by atoms with E-state index in [0.29, 0.717) is 12.8 Å². The zero-order chi connectivity index (χ0) is 46.8. The fourth-order valence-corrected chi connectivity index (χ4v) is 7.39. The van der Waals surface area contributed by atoms with Crippen LogP contribution in [0.15, 0.2) is 72.9 Å². The van der Waals surface area contributed by atoms with Crippen molar-refractivity contribution in [3.63, 3.8) is 0 Å². The molecule has 1 amide bonds. The molecule has 2 rings (SSSR count). The van der Waals surface area contributed by atoms with Gasteiger partial charge in [0.2, 0.25) is 5.91 Å². The zero-order valence-corrected chi connectivity index (χ0v) is 38.7. The summed E-state index contributed by atoms with van der Waals surface area (Å²) < 4.78 is 22.6. The minimum atomic E-state index is -1.80. The highest BCUT2D eigenvalue weighted by Gasteiger charge is 2.51. The molecule has 2 aliphatic rings. The molecule has 0 aromatic rings. The van der Waals surface area contributed by atoms with Crippen molar-refractivity contribution in [1.82, 2.24) is 5.32 Å². The Hall–Kier alpha value is -2.57. The Kier molecular flexibility index (Phi) is 32.9. The lowest BCUT2D eigenvalue weighted by molar-refractivity contribution is -0.359. The summed E-state index contributed by atoms with van der Waals surface area (Å²) in [4.78, 5) is 13.1. The first-order chi connectivity index (χ1) is 31.1. The average molecular weight is 908 g/mol. The van der Waals surface area contributed by atoms with Crippen molar-refractivity contribution in [2.45, 2.75) is 216 Å². The monoisotopic (exact) mass is 908 g/mol. The van der Waals surface area contributed by atoms with Crippen LogP contribution in [0.25, 0.3) is 0 Å². The number of aliphatic hydroxyl groups excluding tert-OH is 8. The van der Waals surface area contributed by atoms with Crippen LogP contribution in [0.1, 0.15) is 142 Å². The number of rotatable bonds is 35. The zero-order valence-electron chi connectivity index (χ0n) is 38.7. The molecule has 12 atom stereocenters. The maximum atomic E-state index is 13.1. The second-order valence-corrected chi connectivity index (χ2v) is 16.8. The number of nitrogens with one attached hydrogen (secondary N) is 1. The van der Waals surface area contributed by atoms with Crippen LogP contribution in [0.3, 0.4) is 0 Å². The smallest absolute Gasteiger partial charge is 0.220 e. The van der Waals surface area contributed by atoms with E-state index >= 15 is 0 Å². The fourth-order valence-electron chi connectivity index (χ4n) is 7.39. The summed E-state index contributed by atoms with van der Waals surface area (Å²) in [7, 11) is 0. The van der Waals surface area contributed by atoms with Crippen molar-refractivity contribution in [3.05, 3.63) is 72.9 Å². The Balaban J connectivity index is 1.91. The van der Waals surface area contributed by atoms with E-state index in [0.717, 1.165) is 77.0 Å². The maximum absolute atomic E-state index is 13.1. The van der Waals surface area contributed by atoms with Gasteiger partial charge in [0, 0.05) is 6.42 Å². The first kappa shape index (κ1) is 57.6. The standard InChI is InChI=1S/C50H85NO13/c1-3-5-7-9-11-13-15-17-19-21-23-25-27-29-31-33-39(54)38(51-42(55)34-32-30-28-26-24-22-20-18-16-14-12-10-8-6-4-2)37-61-49-47(60)45(58)48(41(36-53)63-49)64-50-46(59)44(57)43(56)40(35-52)62-50/h6,8,12,14-15,17-18,20,23,25,31,33,38-41,43-50,52-54,56-60H,3-5,7,9-11,13,16,19,21-22,24,26-30,32,34-37H2,1-2H3,(H,51,55)/b8-6-,14-12-,17-15+,20-18-,25-23+,33-31+. The van der Waals surface area contributed by atoms with Crippen LogP contribution in [0.2, 0.25) is 0 Å². The van der Waals surface area contributed by atoms with Crippen molar-refractivity contribution in [2.75, 3.05) is 19.8 Å². The fraction of sp³-hybridized carbons (Fsp3) is 0.740. The molecule has 14 nitrogen and oxygen atoms in total. The largest absolute Gasteiger partial charge is 0.394 e. The van der Waals surface area contributed by atoms with Gasteiger partial charge in [-0.1, -0.05) is 132 Å². The van der Waals surface area contributed by atoms with Gasteiger partial charge in [-0.2, -0.15) is 0 Å². The lowest BCUT2D eigenvalue weighted by atomic mass is 9.97. The van der Waals surface area contributed by atoms with Gasteiger partial charge in [-0.05, 0) is 77.0 Å². The summed E-state index contributed by atoms with van der Waals surface area (Å²) in [6.45, 7) is 2.59. The Morgan fingerprint density at radius 2 is 1.09 bits per heavy atom. The molecule has 368 valence electrons. The molecule has 2 aliphatic heterocycles. The summed E-state index contributed by atoms with van der Waals surface area (Å²) >= 11 is 0. The van der Waals surface area contributed by atoms with Crippen molar-refractivity contribution in [2.24, 2.45) is 0 Å². The van der Waals surface area contributed by atoms with Crippen molar-refractivity contribution in [3.8, 4) is 0 Å². The molecule has 0 spiro atoms. The molecule has 14 heteroatoms. The molecule has 9 N–H and O–H groups in total. The van der Waals surface area contributed by atoms with E-state index in [9.17, 15) is 45.6 Å². The molecule has 64 heavy (non-hydrogen) atoms. The van der Waals surface area contributed by atoms with E-state index < -0.39 is 86.8 Å². The van der Waals surface area contributed by atoms with Crippen molar-refractivity contribution in [1.29, 1.82) is 0 Å². The number of allylic oxidation sites excluding steroid dienone is 11. The number of carbonyl (C=O) groups excluding carboxylic acids is 1. The lowest BCUT2D eigenvalue weighted by Gasteiger charge is -2.46. The van der Waals surface area contributed by atoms with Crippen LogP contribution in [0.5, 0.6) is 0 Å². The molecule has 0 bridgehead atoms. The van der Waals surface area contributed by atoms with E-state index in [1.54, 1.807) is 6.08 Å². The molecule has 2 heterocycles. The van der Waals surface area contributed by atoms with Gasteiger partial charge in [0.25, 0.3) is 0 Å². The van der Waals surface area contributed by atoms with E-state index in [-0.39, 0.29) is 18.9 Å². The molecule has 0 aromatic heterocycles. The van der Waals surface area contributed by atoms with Gasteiger partial charge in [0.1, 0.15) is 48.8 Å². The molecular formula is C50H85NO13. The summed E-state index contributed by atoms with van der Waals surface area (Å²) in [6.07, 6.45) is 28.0. The van der Waals surface area contributed by atoms with Gasteiger partial charge < -0.3 is 65.1 Å². The van der Waals surface area contributed by atoms with Crippen LogP contribution in [-0.4, -0.2) is 140 Å². The van der Waals surface area contributed by atoms with Crippen LogP contribution < -0.4 is 5.32 Å². The van der Waals surface area contributed by atoms with Crippen LogP contribution in [0.4, 0.5) is 0 Å². The first-order valence-corrected chi connectivity index (χ1v) is 24.2. The minimum absolute atomic E-state index is 0.246. The predicted octanol–water partition coefficient (Wildman–Crippen LogP) is 5.65. The molecule has 2 saturated heterocycles. The minimum Gasteiger partial charge on any atom is -0.394 e. The second-order valence-electron chi connectivity index (χ2n) is 16.8. The number of amides is 1. The van der Waals surface area contributed by atoms with Gasteiger partial charge in [-0.15, -0.1) is 0 Å². The highest BCUT2D eigenvalue weighted by atomic mass is 16.7. The normalized spacial score (nSPS) is 27.9. The van der Waals surface area contributed by atoms with E-state index in [2.05, 4.69) is 79.9 Å². The second kappa shape index (κ2) is 36.5. The summed E-state index contributed by atoms with van der Waals surface area (Å²) in [5.41, 5.74) is 0. The van der Waals surface area contributed by atoms with Gasteiger partial charge in [0.15, 0.2) is 12.6 Å². The van der Waals surface area contributed by atoms with Crippen LogP contribution in [-0.2, 0) is 23.7 Å². The van der Waals surface area contributed by atoms with Gasteiger partial charge in [-0.3, -0.25) is 4.79 Å². The first-order valence-electron chi connectivity index (χ1n) is 24.2. The molecule has 0 aliphatic carbocycles. The molecular weight excluding hydrogens is 823 g/mol. The highest BCUT2D eigenvalue weighted by Crippen LogP contribution is 2.30. The Labute approximate surface area is 383 Å². The third-order valence-electron chi connectivity index (χ3n) is 11.4. The predicted molar refractivity (Wildman–Crippen MR) is 249 cm³/mol. The number of unbranched alkanes of at least 4 members (excludes halogenated alkanes) is 12.